The number of nitrogens with one attached hydrogen (secondary N) is 2. The minimum absolute atomic E-state index is 0.186. The first-order valence-corrected chi connectivity index (χ1v) is 8.40. The summed E-state index contributed by atoms with van der Waals surface area (Å²) in [6.45, 7) is -0.186. The number of hydrogen-bond acceptors (Lipinski definition) is 5. The van der Waals surface area contributed by atoms with E-state index in [9.17, 15) is 9.59 Å². The number of hydrazone groups is 1. The molecular formula is C18H18BrN3O4. The second-order valence-electron chi connectivity index (χ2n) is 5.10. The number of benzene rings is 2. The Morgan fingerprint density at radius 3 is 2.58 bits per heavy atom. The molecule has 0 saturated carbocycles. The molecule has 2 aromatic rings. The first kappa shape index (κ1) is 19.5. The van der Waals surface area contributed by atoms with Crippen molar-refractivity contribution in [1.29, 1.82) is 0 Å². The van der Waals surface area contributed by atoms with Crippen molar-refractivity contribution in [2.45, 2.75) is 0 Å². The molecule has 2 amide bonds. The van der Waals surface area contributed by atoms with Crippen LogP contribution in [0.25, 0.3) is 0 Å². The topological polar surface area (TPSA) is 89.0 Å². The van der Waals surface area contributed by atoms with Gasteiger partial charge in [0, 0.05) is 10.0 Å². The summed E-state index contributed by atoms with van der Waals surface area (Å²) in [7, 11) is 3.09. The lowest BCUT2D eigenvalue weighted by Crippen LogP contribution is -2.34. The van der Waals surface area contributed by atoms with Gasteiger partial charge < -0.3 is 14.8 Å². The number of ether oxygens (including phenoxy) is 2. The maximum absolute atomic E-state index is 12.0. The largest absolute Gasteiger partial charge is 0.493 e. The van der Waals surface area contributed by atoms with Gasteiger partial charge in [0.1, 0.15) is 0 Å². The van der Waals surface area contributed by atoms with Crippen LogP contribution in [0.15, 0.2) is 52.0 Å². The molecular weight excluding hydrogens is 402 g/mol. The molecule has 2 rings (SSSR count). The van der Waals surface area contributed by atoms with E-state index in [0.717, 1.165) is 10.0 Å². The molecule has 0 aliphatic heterocycles. The van der Waals surface area contributed by atoms with Crippen molar-refractivity contribution in [2.24, 2.45) is 5.10 Å². The van der Waals surface area contributed by atoms with Gasteiger partial charge in [-0.1, -0.05) is 22.0 Å². The first-order valence-electron chi connectivity index (χ1n) is 7.61. The van der Waals surface area contributed by atoms with Crippen molar-refractivity contribution >= 4 is 34.0 Å². The van der Waals surface area contributed by atoms with Gasteiger partial charge in [-0.25, -0.2) is 5.43 Å². The SMILES string of the molecule is COc1ccc(/C=N/NC(=O)CNC(=O)c2cccc(Br)c2)cc1OC. The highest BCUT2D eigenvalue weighted by Gasteiger charge is 2.08. The molecule has 2 aromatic carbocycles. The molecule has 0 aliphatic carbocycles. The predicted octanol–water partition coefficient (Wildman–Crippen LogP) is 2.35. The van der Waals surface area contributed by atoms with E-state index in [-0.39, 0.29) is 12.5 Å². The fourth-order valence-electron chi connectivity index (χ4n) is 2.04. The fraction of sp³-hybridized carbons (Fsp3) is 0.167. The molecule has 0 spiro atoms. The van der Waals surface area contributed by atoms with Crippen LogP contribution in [-0.2, 0) is 4.79 Å². The summed E-state index contributed by atoms with van der Waals surface area (Å²) in [6, 6.07) is 12.1. The van der Waals surface area contributed by atoms with E-state index < -0.39 is 5.91 Å². The minimum atomic E-state index is -0.440. The van der Waals surface area contributed by atoms with Gasteiger partial charge in [0.15, 0.2) is 11.5 Å². The quantitative estimate of drug-likeness (QED) is 0.532. The van der Waals surface area contributed by atoms with Gasteiger partial charge in [0.05, 0.1) is 27.0 Å². The second kappa shape index (κ2) is 9.57. The summed E-state index contributed by atoms with van der Waals surface area (Å²) in [5.41, 5.74) is 3.53. The van der Waals surface area contributed by atoms with Crippen LogP contribution in [0.4, 0.5) is 0 Å². The third-order valence-corrected chi connectivity index (χ3v) is 3.80. The number of methoxy groups -OCH3 is 2. The van der Waals surface area contributed by atoms with Gasteiger partial charge in [-0.2, -0.15) is 5.10 Å². The summed E-state index contributed by atoms with van der Waals surface area (Å²) in [4.78, 5) is 23.7. The molecule has 0 saturated heterocycles. The zero-order valence-corrected chi connectivity index (χ0v) is 15.9. The highest BCUT2D eigenvalue weighted by molar-refractivity contribution is 9.10. The lowest BCUT2D eigenvalue weighted by molar-refractivity contribution is -0.120. The van der Waals surface area contributed by atoms with Crippen LogP contribution in [0.1, 0.15) is 15.9 Å². The van der Waals surface area contributed by atoms with Gasteiger partial charge in [0.25, 0.3) is 11.8 Å². The first-order chi connectivity index (χ1) is 12.5. The Balaban J connectivity index is 1.85. The van der Waals surface area contributed by atoms with Crippen molar-refractivity contribution in [2.75, 3.05) is 20.8 Å². The van der Waals surface area contributed by atoms with Crippen LogP contribution >= 0.6 is 15.9 Å². The molecule has 2 N–H and O–H groups in total. The normalized spacial score (nSPS) is 10.4. The summed E-state index contributed by atoms with van der Waals surface area (Å²) in [5.74, 6) is 0.378. The molecule has 0 fully saturated rings. The molecule has 26 heavy (non-hydrogen) atoms. The average molecular weight is 420 g/mol. The number of halogens is 1. The highest BCUT2D eigenvalue weighted by atomic mass is 79.9. The Morgan fingerprint density at radius 2 is 1.88 bits per heavy atom. The van der Waals surface area contributed by atoms with E-state index in [4.69, 9.17) is 9.47 Å². The predicted molar refractivity (Wildman–Crippen MR) is 102 cm³/mol. The Kier molecular flexibility index (Phi) is 7.16. The van der Waals surface area contributed by atoms with Crippen molar-refractivity contribution in [3.63, 3.8) is 0 Å². The Labute approximate surface area is 159 Å². The van der Waals surface area contributed by atoms with Crippen molar-refractivity contribution < 1.29 is 19.1 Å². The number of hydrogen-bond donors (Lipinski definition) is 2. The molecule has 0 radical (unpaired) electrons. The highest BCUT2D eigenvalue weighted by Crippen LogP contribution is 2.26. The molecule has 0 heterocycles. The Morgan fingerprint density at radius 1 is 1.12 bits per heavy atom. The standard InChI is InChI=1S/C18H18BrN3O4/c1-25-15-7-6-12(8-16(15)26-2)10-21-22-17(23)11-20-18(24)13-4-3-5-14(19)9-13/h3-10H,11H2,1-2H3,(H,20,24)(H,22,23)/b21-10+. The molecule has 0 aromatic heterocycles. The van der Waals surface area contributed by atoms with Crippen LogP contribution < -0.4 is 20.2 Å². The van der Waals surface area contributed by atoms with E-state index in [1.165, 1.54) is 13.3 Å². The average Bonchev–Trinajstić information content (AvgIpc) is 2.65. The second-order valence-corrected chi connectivity index (χ2v) is 6.02. The molecule has 0 aliphatic rings. The van der Waals surface area contributed by atoms with Crippen molar-refractivity contribution in [3.8, 4) is 11.5 Å². The van der Waals surface area contributed by atoms with E-state index in [0.29, 0.717) is 17.1 Å². The van der Waals surface area contributed by atoms with E-state index in [2.05, 4.69) is 31.8 Å². The maximum Gasteiger partial charge on any atom is 0.259 e. The van der Waals surface area contributed by atoms with Gasteiger partial charge in [-0.05, 0) is 42.0 Å². The maximum atomic E-state index is 12.0. The number of carbonyl (C=O) groups is 2. The summed E-state index contributed by atoms with van der Waals surface area (Å²) >= 11 is 3.29. The van der Waals surface area contributed by atoms with Crippen LogP contribution in [0, 0.1) is 0 Å². The lowest BCUT2D eigenvalue weighted by Gasteiger charge is -2.07. The van der Waals surface area contributed by atoms with Crippen LogP contribution in [0.3, 0.4) is 0 Å². The monoisotopic (exact) mass is 419 g/mol. The molecule has 7 nitrogen and oxygen atoms in total. The van der Waals surface area contributed by atoms with Gasteiger partial charge >= 0.3 is 0 Å². The number of amides is 2. The van der Waals surface area contributed by atoms with Gasteiger partial charge in [-0.3, -0.25) is 9.59 Å². The third-order valence-electron chi connectivity index (χ3n) is 3.31. The zero-order valence-electron chi connectivity index (χ0n) is 14.3. The van der Waals surface area contributed by atoms with Crippen LogP contribution in [0.2, 0.25) is 0 Å². The third kappa shape index (κ3) is 5.59. The van der Waals surface area contributed by atoms with Crippen LogP contribution in [-0.4, -0.2) is 38.8 Å². The van der Waals surface area contributed by atoms with E-state index in [1.54, 1.807) is 43.5 Å². The number of carbonyl (C=O) groups excluding carboxylic acids is 2. The molecule has 0 atom stereocenters. The summed E-state index contributed by atoms with van der Waals surface area (Å²) < 4.78 is 11.1. The van der Waals surface area contributed by atoms with Crippen molar-refractivity contribution in [3.05, 3.63) is 58.1 Å². The lowest BCUT2D eigenvalue weighted by atomic mass is 10.2. The van der Waals surface area contributed by atoms with Crippen LogP contribution in [0.5, 0.6) is 11.5 Å². The van der Waals surface area contributed by atoms with Crippen molar-refractivity contribution in [1.82, 2.24) is 10.7 Å². The Bertz CT molecular complexity index is 824. The molecule has 8 heteroatoms. The number of nitrogens with zero attached hydrogens (tertiary/aromatic N) is 1. The molecule has 136 valence electrons. The Hall–Kier alpha value is -2.87. The fourth-order valence-corrected chi connectivity index (χ4v) is 2.44. The molecule has 0 unspecified atom stereocenters. The van der Waals surface area contributed by atoms with Gasteiger partial charge in [0.2, 0.25) is 0 Å². The summed E-state index contributed by atoms with van der Waals surface area (Å²) in [5, 5.41) is 6.38. The molecule has 0 bridgehead atoms. The van der Waals surface area contributed by atoms with E-state index in [1.807, 2.05) is 6.07 Å². The van der Waals surface area contributed by atoms with E-state index >= 15 is 0 Å². The summed E-state index contributed by atoms with van der Waals surface area (Å²) in [6.07, 6.45) is 1.47. The zero-order chi connectivity index (χ0) is 18.9. The smallest absolute Gasteiger partial charge is 0.259 e. The van der Waals surface area contributed by atoms with Gasteiger partial charge in [-0.15, -0.1) is 0 Å². The number of rotatable bonds is 7. The minimum Gasteiger partial charge on any atom is -0.493 e.